The highest BCUT2D eigenvalue weighted by atomic mass is 19.3. The summed E-state index contributed by atoms with van der Waals surface area (Å²) in [4.78, 5) is 5.68. The van der Waals surface area contributed by atoms with Crippen LogP contribution in [0.5, 0.6) is 0 Å². The molecule has 0 aliphatic rings. The minimum absolute atomic E-state index is 0.123. The molecule has 1 aromatic carbocycles. The Hall–Kier alpha value is -1.95. The molecule has 0 fully saturated rings. The minimum atomic E-state index is -2.48. The fourth-order valence-electron chi connectivity index (χ4n) is 1.90. The molecule has 0 unspecified atom stereocenters. The van der Waals surface area contributed by atoms with Crippen molar-refractivity contribution in [1.29, 1.82) is 0 Å². The number of aromatic nitrogens is 1. The maximum absolute atomic E-state index is 12.5. The number of alkyl halides is 2. The smallest absolute Gasteiger partial charge is 0.255 e. The molecule has 1 heterocycles. The van der Waals surface area contributed by atoms with Gasteiger partial charge in [0.25, 0.3) is 6.43 Å². The second-order valence-corrected chi connectivity index (χ2v) is 4.18. The van der Waals surface area contributed by atoms with E-state index in [9.17, 15) is 8.78 Å². The third-order valence-electron chi connectivity index (χ3n) is 2.75. The number of rotatable bonds is 5. The van der Waals surface area contributed by atoms with Crippen molar-refractivity contribution >= 4 is 22.4 Å². The van der Waals surface area contributed by atoms with Crippen molar-refractivity contribution in [3.8, 4) is 0 Å². The first-order valence-electron chi connectivity index (χ1n) is 5.90. The molecule has 3 N–H and O–H groups in total. The van der Waals surface area contributed by atoms with Gasteiger partial charge in [-0.25, -0.2) is 13.8 Å². The fraction of sp³-hybridized carbons (Fsp3) is 0.308. The zero-order valence-electron chi connectivity index (χ0n) is 10.3. The second kappa shape index (κ2) is 5.79. The van der Waals surface area contributed by atoms with Crippen molar-refractivity contribution in [2.75, 3.05) is 30.3 Å². The number of anilines is 2. The van der Waals surface area contributed by atoms with Gasteiger partial charge in [0.15, 0.2) is 0 Å². The zero-order valence-corrected chi connectivity index (χ0v) is 10.3. The summed E-state index contributed by atoms with van der Waals surface area (Å²) in [5.74, 6) is 0.423. The van der Waals surface area contributed by atoms with Gasteiger partial charge < -0.3 is 15.7 Å². The van der Waals surface area contributed by atoms with E-state index >= 15 is 0 Å². The number of aliphatic hydroxyl groups excluding tert-OH is 1. The van der Waals surface area contributed by atoms with Crippen LogP contribution in [0.1, 0.15) is 0 Å². The van der Waals surface area contributed by atoms with E-state index in [2.05, 4.69) is 4.98 Å². The molecular weight excluding hydrogens is 252 g/mol. The Morgan fingerprint density at radius 1 is 1.26 bits per heavy atom. The summed E-state index contributed by atoms with van der Waals surface area (Å²) in [6, 6.07) is 8.66. The number of benzene rings is 1. The van der Waals surface area contributed by atoms with Crippen LogP contribution in [0.25, 0.3) is 10.9 Å². The number of pyridine rings is 1. The molecule has 0 aliphatic heterocycles. The summed E-state index contributed by atoms with van der Waals surface area (Å²) in [6.45, 7) is -0.528. The Morgan fingerprint density at radius 3 is 2.74 bits per heavy atom. The fourth-order valence-corrected chi connectivity index (χ4v) is 1.90. The number of hydrogen-bond donors (Lipinski definition) is 2. The third kappa shape index (κ3) is 3.29. The molecule has 0 bridgehead atoms. The van der Waals surface area contributed by atoms with Crippen LogP contribution in [-0.4, -0.2) is 36.2 Å². The van der Waals surface area contributed by atoms with E-state index in [1.165, 1.54) is 4.90 Å². The molecule has 2 rings (SSSR count). The summed E-state index contributed by atoms with van der Waals surface area (Å²) in [7, 11) is 0. The molecule has 0 amide bonds. The highest BCUT2D eigenvalue weighted by molar-refractivity contribution is 5.83. The van der Waals surface area contributed by atoms with Gasteiger partial charge in [0.05, 0.1) is 18.7 Å². The van der Waals surface area contributed by atoms with Crippen molar-refractivity contribution < 1.29 is 13.9 Å². The van der Waals surface area contributed by atoms with Crippen molar-refractivity contribution in [3.63, 3.8) is 0 Å². The lowest BCUT2D eigenvalue weighted by Crippen LogP contribution is -2.32. The highest BCUT2D eigenvalue weighted by Gasteiger charge is 2.13. The Balaban J connectivity index is 2.34. The largest absolute Gasteiger partial charge is 0.399 e. The molecule has 102 valence electrons. The van der Waals surface area contributed by atoms with E-state index in [-0.39, 0.29) is 13.2 Å². The molecule has 0 radical (unpaired) electrons. The molecule has 1 aromatic heterocycles. The SMILES string of the molecule is Nc1ccc2nc(N(CCO)CC(F)F)ccc2c1. The topological polar surface area (TPSA) is 62.4 Å². The van der Waals surface area contributed by atoms with Gasteiger partial charge in [-0.15, -0.1) is 0 Å². The van der Waals surface area contributed by atoms with E-state index in [0.29, 0.717) is 17.0 Å². The first kappa shape index (κ1) is 13.5. The van der Waals surface area contributed by atoms with Crippen LogP contribution in [0, 0.1) is 0 Å². The predicted octanol–water partition coefficient (Wildman–Crippen LogP) is 1.88. The summed E-state index contributed by atoms with van der Waals surface area (Å²) in [6.07, 6.45) is -2.48. The van der Waals surface area contributed by atoms with Crippen LogP contribution in [0.4, 0.5) is 20.3 Å². The van der Waals surface area contributed by atoms with Gasteiger partial charge in [-0.1, -0.05) is 0 Å². The quantitative estimate of drug-likeness (QED) is 0.812. The van der Waals surface area contributed by atoms with E-state index in [1.807, 2.05) is 0 Å². The zero-order chi connectivity index (χ0) is 13.8. The van der Waals surface area contributed by atoms with Crippen LogP contribution in [0.3, 0.4) is 0 Å². The van der Waals surface area contributed by atoms with Crippen molar-refractivity contribution in [2.45, 2.75) is 6.43 Å². The molecular formula is C13H15F2N3O. The van der Waals surface area contributed by atoms with E-state index in [0.717, 1.165) is 5.39 Å². The number of nitrogens with zero attached hydrogens (tertiary/aromatic N) is 2. The number of nitrogens with two attached hydrogens (primary N) is 1. The second-order valence-electron chi connectivity index (χ2n) is 4.18. The van der Waals surface area contributed by atoms with Crippen LogP contribution in [0.2, 0.25) is 0 Å². The highest BCUT2D eigenvalue weighted by Crippen LogP contribution is 2.20. The molecule has 0 atom stereocenters. The first-order chi connectivity index (χ1) is 9.10. The van der Waals surface area contributed by atoms with Crippen molar-refractivity contribution in [1.82, 2.24) is 4.98 Å². The number of aliphatic hydroxyl groups is 1. The summed E-state index contributed by atoms with van der Waals surface area (Å²) in [5.41, 5.74) is 6.98. The van der Waals surface area contributed by atoms with Crippen LogP contribution >= 0.6 is 0 Å². The van der Waals surface area contributed by atoms with Gasteiger partial charge in [0.2, 0.25) is 0 Å². The Bertz CT molecular complexity index is 563. The van der Waals surface area contributed by atoms with Crippen LogP contribution < -0.4 is 10.6 Å². The molecule has 6 heteroatoms. The Kier molecular flexibility index (Phi) is 4.11. The Morgan fingerprint density at radius 2 is 2.05 bits per heavy atom. The van der Waals surface area contributed by atoms with Gasteiger partial charge in [-0.3, -0.25) is 0 Å². The van der Waals surface area contributed by atoms with Crippen molar-refractivity contribution in [2.24, 2.45) is 0 Å². The van der Waals surface area contributed by atoms with E-state index in [4.69, 9.17) is 10.8 Å². The lowest BCUT2D eigenvalue weighted by Gasteiger charge is -2.22. The minimum Gasteiger partial charge on any atom is -0.399 e. The molecule has 2 aromatic rings. The lowest BCUT2D eigenvalue weighted by molar-refractivity contribution is 0.152. The maximum Gasteiger partial charge on any atom is 0.255 e. The van der Waals surface area contributed by atoms with Gasteiger partial charge >= 0.3 is 0 Å². The molecule has 19 heavy (non-hydrogen) atoms. The monoisotopic (exact) mass is 267 g/mol. The normalized spacial score (nSPS) is 11.2. The maximum atomic E-state index is 12.5. The summed E-state index contributed by atoms with van der Waals surface area (Å²) < 4.78 is 25.0. The predicted molar refractivity (Wildman–Crippen MR) is 71.5 cm³/mol. The third-order valence-corrected chi connectivity index (χ3v) is 2.75. The van der Waals surface area contributed by atoms with Gasteiger partial charge in [-0.05, 0) is 30.3 Å². The van der Waals surface area contributed by atoms with E-state index < -0.39 is 13.0 Å². The Labute approximate surface area is 109 Å². The van der Waals surface area contributed by atoms with Crippen molar-refractivity contribution in [3.05, 3.63) is 30.3 Å². The number of halogens is 2. The molecule has 4 nitrogen and oxygen atoms in total. The number of fused-ring (bicyclic) bond motifs is 1. The van der Waals surface area contributed by atoms with Crippen LogP contribution in [0.15, 0.2) is 30.3 Å². The lowest BCUT2D eigenvalue weighted by atomic mass is 10.2. The van der Waals surface area contributed by atoms with Gasteiger partial charge in [0, 0.05) is 17.6 Å². The summed E-state index contributed by atoms with van der Waals surface area (Å²) in [5, 5.41) is 9.78. The average Bonchev–Trinajstić information content (AvgIpc) is 2.37. The number of hydrogen-bond acceptors (Lipinski definition) is 4. The van der Waals surface area contributed by atoms with Gasteiger partial charge in [0.1, 0.15) is 5.82 Å². The standard InChI is InChI=1S/C13H15F2N3O/c14-12(15)8-18(5-6-19)13-4-1-9-7-10(16)2-3-11(9)17-13/h1-4,7,12,19H,5-6,8,16H2. The average molecular weight is 267 g/mol. The summed E-state index contributed by atoms with van der Waals surface area (Å²) >= 11 is 0. The van der Waals surface area contributed by atoms with Gasteiger partial charge in [-0.2, -0.15) is 0 Å². The first-order valence-corrected chi connectivity index (χ1v) is 5.90. The van der Waals surface area contributed by atoms with E-state index in [1.54, 1.807) is 30.3 Å². The molecule has 0 saturated heterocycles. The molecule has 0 aliphatic carbocycles. The molecule has 0 spiro atoms. The molecule has 0 saturated carbocycles. The van der Waals surface area contributed by atoms with Crippen LogP contribution in [-0.2, 0) is 0 Å². The number of nitrogen functional groups attached to an aromatic ring is 1.